The largest absolute Gasteiger partial charge is 0.352 e. The van der Waals surface area contributed by atoms with Gasteiger partial charge in [0.15, 0.2) is 0 Å². The number of carbonyl (C=O) groups is 1. The number of hydrogen-bond acceptors (Lipinski definition) is 1. The molecule has 17 heavy (non-hydrogen) atoms. The van der Waals surface area contributed by atoms with Gasteiger partial charge in [0.25, 0.3) is 5.91 Å². The van der Waals surface area contributed by atoms with E-state index in [4.69, 9.17) is 18.0 Å². The van der Waals surface area contributed by atoms with Gasteiger partial charge in [0, 0.05) is 13.0 Å². The number of rotatable bonds is 5. The van der Waals surface area contributed by atoms with Gasteiger partial charge in [-0.05, 0) is 31.0 Å². The summed E-state index contributed by atoms with van der Waals surface area (Å²) in [5, 5.41) is 2.82. The van der Waals surface area contributed by atoms with Gasteiger partial charge in [0.1, 0.15) is 5.82 Å². The van der Waals surface area contributed by atoms with Gasteiger partial charge in [-0.25, -0.2) is 4.39 Å². The second kappa shape index (κ2) is 6.93. The normalized spacial score (nSPS) is 9.71. The van der Waals surface area contributed by atoms with Crippen LogP contribution < -0.4 is 5.32 Å². The average molecular weight is 254 g/mol. The van der Waals surface area contributed by atoms with Crippen LogP contribution in [0.1, 0.15) is 29.6 Å². The van der Waals surface area contributed by atoms with E-state index in [2.05, 4.69) is 11.2 Å². The van der Waals surface area contributed by atoms with Crippen molar-refractivity contribution in [3.63, 3.8) is 0 Å². The zero-order chi connectivity index (χ0) is 12.7. The molecule has 1 aromatic carbocycles. The zero-order valence-corrected chi connectivity index (χ0v) is 10.1. The Balaban J connectivity index is 2.45. The lowest BCUT2D eigenvalue weighted by Crippen LogP contribution is -2.24. The first-order valence-corrected chi connectivity index (χ1v) is 5.69. The first-order valence-electron chi connectivity index (χ1n) is 5.32. The highest BCUT2D eigenvalue weighted by atomic mass is 35.5. The summed E-state index contributed by atoms with van der Waals surface area (Å²) in [4.78, 5) is 11.7. The fraction of sp³-hybridized carbons (Fsp3) is 0.308. The van der Waals surface area contributed by atoms with Crippen LogP contribution in [0.25, 0.3) is 0 Å². The van der Waals surface area contributed by atoms with Gasteiger partial charge in [-0.15, -0.1) is 12.3 Å². The van der Waals surface area contributed by atoms with Gasteiger partial charge >= 0.3 is 0 Å². The molecule has 2 nitrogen and oxygen atoms in total. The van der Waals surface area contributed by atoms with Gasteiger partial charge in [-0.1, -0.05) is 11.6 Å². The van der Waals surface area contributed by atoms with Gasteiger partial charge in [-0.2, -0.15) is 0 Å². The lowest BCUT2D eigenvalue weighted by molar-refractivity contribution is 0.0953. The fourth-order valence-corrected chi connectivity index (χ4v) is 1.58. The minimum Gasteiger partial charge on any atom is -0.352 e. The summed E-state index contributed by atoms with van der Waals surface area (Å²) in [5.41, 5.74) is 0.282. The minimum absolute atomic E-state index is 0.117. The molecule has 0 saturated carbocycles. The summed E-state index contributed by atoms with van der Waals surface area (Å²) in [6, 6.07) is 3.70. The Bertz CT molecular complexity index is 440. The molecule has 0 bridgehead atoms. The van der Waals surface area contributed by atoms with E-state index >= 15 is 0 Å². The first kappa shape index (κ1) is 13.5. The number of amides is 1. The molecular weight excluding hydrogens is 241 g/mol. The molecule has 1 aromatic rings. The van der Waals surface area contributed by atoms with Gasteiger partial charge in [0.05, 0.1) is 10.6 Å². The summed E-state index contributed by atoms with van der Waals surface area (Å²) in [7, 11) is 0. The SMILES string of the molecule is C#CCCCCNC(=O)c1ccc(F)cc1Cl. The number of halogens is 2. The molecule has 0 radical (unpaired) electrons. The molecule has 0 heterocycles. The molecule has 4 heteroatoms. The number of unbranched alkanes of at least 4 members (excludes halogenated alkanes) is 2. The first-order chi connectivity index (χ1) is 8.15. The zero-order valence-electron chi connectivity index (χ0n) is 9.30. The van der Waals surface area contributed by atoms with Crippen LogP contribution in [-0.4, -0.2) is 12.5 Å². The minimum atomic E-state index is -0.458. The Morgan fingerprint density at radius 1 is 1.47 bits per heavy atom. The van der Waals surface area contributed by atoms with E-state index in [1.165, 1.54) is 12.1 Å². The highest BCUT2D eigenvalue weighted by Crippen LogP contribution is 2.16. The standard InChI is InChI=1S/C13H13ClFNO/c1-2-3-4-5-8-16-13(17)11-7-6-10(15)9-12(11)14/h1,6-7,9H,3-5,8H2,(H,16,17). The second-order valence-electron chi connectivity index (χ2n) is 3.54. The maximum atomic E-state index is 12.8. The smallest absolute Gasteiger partial charge is 0.252 e. The number of hydrogen-bond donors (Lipinski definition) is 1. The molecule has 90 valence electrons. The topological polar surface area (TPSA) is 29.1 Å². The van der Waals surface area contributed by atoms with Crippen LogP contribution in [0.3, 0.4) is 0 Å². The van der Waals surface area contributed by atoms with E-state index in [0.717, 1.165) is 18.9 Å². The maximum absolute atomic E-state index is 12.8. The predicted octanol–water partition coefficient (Wildman–Crippen LogP) is 3.01. The molecule has 0 spiro atoms. The lowest BCUT2D eigenvalue weighted by atomic mass is 10.2. The predicted molar refractivity (Wildman–Crippen MR) is 66.4 cm³/mol. The molecule has 1 N–H and O–H groups in total. The van der Waals surface area contributed by atoms with Crippen molar-refractivity contribution in [2.75, 3.05) is 6.54 Å². The van der Waals surface area contributed by atoms with E-state index in [0.29, 0.717) is 13.0 Å². The molecule has 1 rings (SSSR count). The van der Waals surface area contributed by atoms with Crippen LogP contribution >= 0.6 is 11.6 Å². The third-order valence-electron chi connectivity index (χ3n) is 2.21. The maximum Gasteiger partial charge on any atom is 0.252 e. The molecule has 0 atom stereocenters. The number of benzene rings is 1. The number of carbonyl (C=O) groups excluding carboxylic acids is 1. The summed E-state index contributed by atoms with van der Waals surface area (Å²) in [5.74, 6) is 1.77. The van der Waals surface area contributed by atoms with Crippen molar-refractivity contribution in [3.8, 4) is 12.3 Å². The Labute approximate surface area is 105 Å². The van der Waals surface area contributed by atoms with Crippen molar-refractivity contribution in [1.82, 2.24) is 5.32 Å². The van der Waals surface area contributed by atoms with Crippen LogP contribution in [0.5, 0.6) is 0 Å². The second-order valence-corrected chi connectivity index (χ2v) is 3.95. The molecular formula is C13H13ClFNO. The third kappa shape index (κ3) is 4.46. The van der Waals surface area contributed by atoms with Crippen molar-refractivity contribution in [2.45, 2.75) is 19.3 Å². The van der Waals surface area contributed by atoms with Crippen molar-refractivity contribution >= 4 is 17.5 Å². The molecule has 0 aliphatic carbocycles. The average Bonchev–Trinajstić information content (AvgIpc) is 2.28. The van der Waals surface area contributed by atoms with Gasteiger partial charge in [-0.3, -0.25) is 4.79 Å². The third-order valence-corrected chi connectivity index (χ3v) is 2.52. The molecule has 0 aliphatic heterocycles. The van der Waals surface area contributed by atoms with E-state index in [1.54, 1.807) is 0 Å². The van der Waals surface area contributed by atoms with Crippen molar-refractivity contribution in [1.29, 1.82) is 0 Å². The van der Waals surface area contributed by atoms with Gasteiger partial charge < -0.3 is 5.32 Å². The molecule has 0 saturated heterocycles. The van der Waals surface area contributed by atoms with Crippen LogP contribution in [0, 0.1) is 18.2 Å². The quantitative estimate of drug-likeness (QED) is 0.634. The highest BCUT2D eigenvalue weighted by molar-refractivity contribution is 6.33. The summed E-state index contributed by atoms with van der Waals surface area (Å²) in [6.45, 7) is 0.536. The molecule has 0 fully saturated rings. The van der Waals surface area contributed by atoms with Crippen molar-refractivity contribution in [2.24, 2.45) is 0 Å². The Kier molecular flexibility index (Phi) is 5.51. The van der Waals surface area contributed by atoms with E-state index in [-0.39, 0.29) is 16.5 Å². The van der Waals surface area contributed by atoms with Crippen LogP contribution in [0.15, 0.2) is 18.2 Å². The molecule has 0 unspecified atom stereocenters. The molecule has 0 aliphatic rings. The van der Waals surface area contributed by atoms with Crippen LogP contribution in [0.4, 0.5) is 4.39 Å². The Hall–Kier alpha value is -1.53. The van der Waals surface area contributed by atoms with Crippen LogP contribution in [-0.2, 0) is 0 Å². The number of nitrogens with one attached hydrogen (secondary N) is 1. The van der Waals surface area contributed by atoms with Crippen molar-refractivity contribution in [3.05, 3.63) is 34.6 Å². The van der Waals surface area contributed by atoms with Crippen molar-refractivity contribution < 1.29 is 9.18 Å². The van der Waals surface area contributed by atoms with Crippen LogP contribution in [0.2, 0.25) is 5.02 Å². The monoisotopic (exact) mass is 253 g/mol. The summed E-state index contributed by atoms with van der Waals surface area (Å²) in [6.07, 6.45) is 7.49. The van der Waals surface area contributed by atoms with E-state index < -0.39 is 5.82 Å². The lowest BCUT2D eigenvalue weighted by Gasteiger charge is -2.06. The summed E-state index contributed by atoms with van der Waals surface area (Å²) >= 11 is 5.76. The van der Waals surface area contributed by atoms with E-state index in [1.807, 2.05) is 0 Å². The van der Waals surface area contributed by atoms with E-state index in [9.17, 15) is 9.18 Å². The molecule has 0 aromatic heterocycles. The highest BCUT2D eigenvalue weighted by Gasteiger charge is 2.09. The molecule has 1 amide bonds. The Morgan fingerprint density at radius 3 is 2.88 bits per heavy atom. The summed E-state index contributed by atoms with van der Waals surface area (Å²) < 4.78 is 12.8. The number of terminal acetylenes is 1. The fourth-order valence-electron chi connectivity index (χ4n) is 1.32. The van der Waals surface area contributed by atoms with Gasteiger partial charge in [0.2, 0.25) is 0 Å². The Morgan fingerprint density at radius 2 is 2.24 bits per heavy atom.